The molecule has 2 aromatic carbocycles. The largest absolute Gasteiger partial charge is 0.396 e. The van der Waals surface area contributed by atoms with E-state index < -0.39 is 22.3 Å². The lowest BCUT2D eigenvalue weighted by Crippen LogP contribution is -2.44. The number of hydrogen-bond acceptors (Lipinski definition) is 8. The number of nitrogens with zero attached hydrogens (tertiary/aromatic N) is 6. The van der Waals surface area contributed by atoms with Gasteiger partial charge in [-0.3, -0.25) is 24.4 Å². The Morgan fingerprint density at radius 3 is 2.75 bits per heavy atom. The number of hydrogen-bond donors (Lipinski definition) is 2. The van der Waals surface area contributed by atoms with Crippen LogP contribution in [0.1, 0.15) is 36.6 Å². The van der Waals surface area contributed by atoms with Crippen molar-refractivity contribution in [1.29, 1.82) is 0 Å². The number of aliphatic hydroxyl groups is 2. The van der Waals surface area contributed by atoms with Crippen LogP contribution in [0.25, 0.3) is 0 Å². The zero-order valence-electron chi connectivity index (χ0n) is 22.0. The van der Waals surface area contributed by atoms with E-state index in [2.05, 4.69) is 10.3 Å². The van der Waals surface area contributed by atoms with E-state index in [1.165, 1.54) is 23.1 Å². The van der Waals surface area contributed by atoms with E-state index >= 15 is 0 Å². The Kier molecular flexibility index (Phi) is 7.46. The number of fused-ring (bicyclic) bond motifs is 1. The van der Waals surface area contributed by atoms with Crippen LogP contribution in [-0.4, -0.2) is 55.1 Å². The van der Waals surface area contributed by atoms with E-state index in [4.69, 9.17) is 5.11 Å². The van der Waals surface area contributed by atoms with Crippen LogP contribution in [0.15, 0.2) is 60.8 Å². The molecule has 12 heteroatoms. The van der Waals surface area contributed by atoms with Crippen molar-refractivity contribution in [3.63, 3.8) is 0 Å². The van der Waals surface area contributed by atoms with Crippen LogP contribution in [0, 0.1) is 16.0 Å². The van der Waals surface area contributed by atoms with Crippen LogP contribution in [-0.2, 0) is 34.7 Å². The second-order valence-corrected chi connectivity index (χ2v) is 10.0. The highest BCUT2D eigenvalue weighted by Gasteiger charge is 2.53. The summed E-state index contributed by atoms with van der Waals surface area (Å²) in [5.41, 5.74) is 0.551. The Labute approximate surface area is 230 Å². The minimum Gasteiger partial charge on any atom is -0.396 e. The summed E-state index contributed by atoms with van der Waals surface area (Å²) >= 11 is 0. The van der Waals surface area contributed by atoms with E-state index in [0.717, 1.165) is 11.3 Å². The molecule has 0 spiro atoms. The van der Waals surface area contributed by atoms with Gasteiger partial charge in [0.15, 0.2) is 5.60 Å². The number of nitro benzene ring substituents is 1. The first-order valence-electron chi connectivity index (χ1n) is 13.1. The maximum atomic E-state index is 13.8. The minimum absolute atomic E-state index is 0.0110. The van der Waals surface area contributed by atoms with Crippen molar-refractivity contribution in [2.45, 2.75) is 44.9 Å². The molecule has 0 saturated carbocycles. The quantitative estimate of drug-likeness (QED) is 0.161. The van der Waals surface area contributed by atoms with Gasteiger partial charge in [0.1, 0.15) is 0 Å². The molecule has 2 aliphatic rings. The number of amides is 2. The van der Waals surface area contributed by atoms with E-state index in [1.54, 1.807) is 28.8 Å². The van der Waals surface area contributed by atoms with Gasteiger partial charge in [0.05, 0.1) is 22.8 Å². The SMILES string of the molecule is C[C@H](/C=C/CCn1cc(CCO)nn1)[C@@]1(O)C(=O)N(Cc2cccc(N3CCC3=O)c2)c2ccc([N+](=O)[O-])cc21. The average molecular weight is 547 g/mol. The molecule has 40 heavy (non-hydrogen) atoms. The van der Waals surface area contributed by atoms with Crippen molar-refractivity contribution >= 4 is 28.9 Å². The number of allylic oxidation sites excluding steroid dienone is 1. The second-order valence-electron chi connectivity index (χ2n) is 10.0. The number of non-ortho nitro benzene ring substituents is 1. The van der Waals surface area contributed by atoms with Gasteiger partial charge in [-0.1, -0.05) is 36.4 Å². The highest BCUT2D eigenvalue weighted by molar-refractivity contribution is 6.07. The molecule has 0 bridgehead atoms. The van der Waals surface area contributed by atoms with E-state index in [9.17, 15) is 24.8 Å². The molecule has 0 unspecified atom stereocenters. The Morgan fingerprint density at radius 2 is 2.05 bits per heavy atom. The molecule has 1 fully saturated rings. The molecule has 5 rings (SSSR count). The van der Waals surface area contributed by atoms with Crippen LogP contribution in [0.3, 0.4) is 0 Å². The normalized spacial score (nSPS) is 19.3. The summed E-state index contributed by atoms with van der Waals surface area (Å²) in [6, 6.07) is 11.4. The van der Waals surface area contributed by atoms with Gasteiger partial charge in [-0.15, -0.1) is 5.10 Å². The van der Waals surface area contributed by atoms with Gasteiger partial charge in [-0.05, 0) is 30.2 Å². The van der Waals surface area contributed by atoms with Crippen LogP contribution >= 0.6 is 0 Å². The second kappa shape index (κ2) is 11.0. The number of aliphatic hydroxyl groups excluding tert-OH is 1. The maximum absolute atomic E-state index is 13.8. The predicted octanol–water partition coefficient (Wildman–Crippen LogP) is 2.47. The van der Waals surface area contributed by atoms with Gasteiger partial charge in [-0.2, -0.15) is 0 Å². The van der Waals surface area contributed by atoms with Gasteiger partial charge in [-0.25, -0.2) is 0 Å². The highest BCUT2D eigenvalue weighted by atomic mass is 16.6. The van der Waals surface area contributed by atoms with Gasteiger partial charge in [0.25, 0.3) is 11.6 Å². The Morgan fingerprint density at radius 1 is 1.23 bits per heavy atom. The lowest BCUT2D eigenvalue weighted by molar-refractivity contribution is -0.385. The summed E-state index contributed by atoms with van der Waals surface area (Å²) in [5.74, 6) is -1.23. The number of anilines is 2. The number of aromatic nitrogens is 3. The Hall–Kier alpha value is -4.42. The van der Waals surface area contributed by atoms with Gasteiger partial charge < -0.3 is 20.0 Å². The number of carbonyl (C=O) groups excluding carboxylic acids is 2. The van der Waals surface area contributed by atoms with Crippen molar-refractivity contribution in [2.75, 3.05) is 23.0 Å². The molecule has 208 valence electrons. The van der Waals surface area contributed by atoms with Crippen molar-refractivity contribution in [3.8, 4) is 0 Å². The molecule has 2 amide bonds. The molecule has 2 N–H and O–H groups in total. The first-order valence-corrected chi connectivity index (χ1v) is 13.1. The first-order chi connectivity index (χ1) is 19.2. The number of aryl methyl sites for hydroxylation is 1. The molecular formula is C28H30N6O6. The number of β-lactam (4-membered cyclic amide) rings is 1. The third-order valence-electron chi connectivity index (χ3n) is 7.44. The topological polar surface area (TPSA) is 155 Å². The number of rotatable bonds is 11. The molecule has 3 aromatic rings. The average Bonchev–Trinajstić information content (AvgIpc) is 3.47. The van der Waals surface area contributed by atoms with Crippen molar-refractivity contribution in [2.24, 2.45) is 5.92 Å². The standard InChI is InChI=1S/C28H30N6O6/c1-19(5-2-3-12-31-18-21(11-14-35)29-30-31)28(38)24-16-23(34(39)40)8-9-25(24)33(27(28)37)17-20-6-4-7-22(15-20)32-13-10-26(32)36/h2,4-9,15-16,18-19,35,38H,3,10-14,17H2,1H3/b5-2+/t19-,28+/m1/s1. The van der Waals surface area contributed by atoms with E-state index in [-0.39, 0.29) is 30.3 Å². The summed E-state index contributed by atoms with van der Waals surface area (Å²) in [4.78, 5) is 39.8. The zero-order chi connectivity index (χ0) is 28.4. The van der Waals surface area contributed by atoms with Crippen molar-refractivity contribution < 1.29 is 24.7 Å². The first kappa shape index (κ1) is 27.2. The summed E-state index contributed by atoms with van der Waals surface area (Å²) in [5, 5.41) is 40.4. The van der Waals surface area contributed by atoms with E-state index in [1.807, 2.05) is 30.3 Å². The summed E-state index contributed by atoms with van der Waals surface area (Å²) in [6.07, 6.45) is 6.78. The molecule has 0 aliphatic carbocycles. The van der Waals surface area contributed by atoms with Crippen molar-refractivity contribution in [3.05, 3.63) is 87.7 Å². The smallest absolute Gasteiger partial charge is 0.269 e. The molecule has 1 saturated heterocycles. The van der Waals surface area contributed by atoms with Crippen LogP contribution in [0.2, 0.25) is 0 Å². The minimum atomic E-state index is -2.01. The lowest BCUT2D eigenvalue weighted by atomic mass is 9.82. The zero-order valence-corrected chi connectivity index (χ0v) is 22.0. The fourth-order valence-electron chi connectivity index (χ4n) is 5.12. The Bertz CT molecular complexity index is 1490. The predicted molar refractivity (Wildman–Crippen MR) is 145 cm³/mol. The monoisotopic (exact) mass is 546 g/mol. The Balaban J connectivity index is 1.38. The summed E-state index contributed by atoms with van der Waals surface area (Å²) in [6.45, 7) is 2.97. The summed E-state index contributed by atoms with van der Waals surface area (Å²) < 4.78 is 1.65. The third kappa shape index (κ3) is 4.98. The maximum Gasteiger partial charge on any atom is 0.269 e. The van der Waals surface area contributed by atoms with Gasteiger partial charge >= 0.3 is 0 Å². The van der Waals surface area contributed by atoms with Gasteiger partial charge in [0.2, 0.25) is 5.91 Å². The molecule has 1 aromatic heterocycles. The molecular weight excluding hydrogens is 516 g/mol. The third-order valence-corrected chi connectivity index (χ3v) is 7.44. The molecule has 2 aliphatic heterocycles. The molecule has 12 nitrogen and oxygen atoms in total. The fourth-order valence-corrected chi connectivity index (χ4v) is 5.12. The summed E-state index contributed by atoms with van der Waals surface area (Å²) in [7, 11) is 0. The molecule has 2 atom stereocenters. The number of nitro groups is 1. The molecule has 0 radical (unpaired) electrons. The van der Waals surface area contributed by atoms with Gasteiger partial charge in [0, 0.05) is 68.0 Å². The lowest BCUT2D eigenvalue weighted by Gasteiger charge is -2.31. The van der Waals surface area contributed by atoms with Crippen molar-refractivity contribution in [1.82, 2.24) is 15.0 Å². The van der Waals surface area contributed by atoms with Crippen LogP contribution < -0.4 is 9.80 Å². The number of benzene rings is 2. The highest BCUT2D eigenvalue weighted by Crippen LogP contribution is 2.47. The van der Waals surface area contributed by atoms with Crippen LogP contribution in [0.4, 0.5) is 17.1 Å². The fraction of sp³-hybridized carbons (Fsp3) is 0.357. The molecule has 3 heterocycles. The van der Waals surface area contributed by atoms with E-state index in [0.29, 0.717) is 43.7 Å². The van der Waals surface area contributed by atoms with Crippen LogP contribution in [0.5, 0.6) is 0 Å². The number of carbonyl (C=O) groups is 2.